The van der Waals surface area contributed by atoms with Crippen LogP contribution in [0, 0.1) is 5.92 Å². The Kier molecular flexibility index (Phi) is 10.2. The molecule has 152 valence electrons. The molecule has 1 saturated carbocycles. The summed E-state index contributed by atoms with van der Waals surface area (Å²) in [6, 6.07) is 10.0. The van der Waals surface area contributed by atoms with Crippen molar-refractivity contribution in [3.63, 3.8) is 0 Å². The molecule has 1 fully saturated rings. The minimum atomic E-state index is -0.631. The number of guanidine groups is 1. The van der Waals surface area contributed by atoms with E-state index < -0.39 is 6.10 Å². The van der Waals surface area contributed by atoms with E-state index in [0.29, 0.717) is 6.54 Å². The monoisotopic (exact) mass is 377 g/mol. The van der Waals surface area contributed by atoms with Crippen molar-refractivity contribution in [3.8, 4) is 0 Å². The van der Waals surface area contributed by atoms with Crippen molar-refractivity contribution in [2.24, 2.45) is 10.9 Å². The van der Waals surface area contributed by atoms with E-state index in [9.17, 15) is 5.11 Å². The molecule has 2 atom stereocenters. The minimum absolute atomic E-state index is 0.0492. The Labute approximate surface area is 163 Å². The fraction of sp³-hybridized carbons (Fsp3) is 0.667. The molecule has 0 heterocycles. The van der Waals surface area contributed by atoms with Gasteiger partial charge < -0.3 is 25.2 Å². The number of hydrogen-bond acceptors (Lipinski definition) is 4. The van der Waals surface area contributed by atoms with Crippen molar-refractivity contribution < 1.29 is 14.6 Å². The van der Waals surface area contributed by atoms with E-state index in [2.05, 4.69) is 15.6 Å². The summed E-state index contributed by atoms with van der Waals surface area (Å²) in [6.45, 7) is 7.83. The van der Waals surface area contributed by atoms with Crippen LogP contribution in [0.1, 0.15) is 44.8 Å². The molecule has 2 unspecified atom stereocenters. The first-order valence-corrected chi connectivity index (χ1v) is 10.1. The number of aliphatic imine (C=N–C) groups is 1. The molecule has 1 aromatic carbocycles. The van der Waals surface area contributed by atoms with Crippen molar-refractivity contribution in [2.45, 2.75) is 45.3 Å². The van der Waals surface area contributed by atoms with Crippen LogP contribution in [-0.2, 0) is 9.47 Å². The highest BCUT2D eigenvalue weighted by atomic mass is 16.5. The van der Waals surface area contributed by atoms with Crippen LogP contribution in [0.4, 0.5) is 0 Å². The lowest BCUT2D eigenvalue weighted by atomic mass is 10.1. The van der Waals surface area contributed by atoms with Crippen LogP contribution < -0.4 is 10.6 Å². The van der Waals surface area contributed by atoms with E-state index >= 15 is 0 Å². The van der Waals surface area contributed by atoms with Crippen LogP contribution in [0.5, 0.6) is 0 Å². The van der Waals surface area contributed by atoms with Gasteiger partial charge in [0.05, 0.1) is 25.4 Å². The smallest absolute Gasteiger partial charge is 0.191 e. The lowest BCUT2D eigenvalue weighted by molar-refractivity contribution is 0.00111. The number of benzene rings is 1. The number of nitrogens with one attached hydrogen (secondary N) is 2. The molecular weight excluding hydrogens is 342 g/mol. The molecule has 1 aromatic rings. The fourth-order valence-corrected chi connectivity index (χ4v) is 2.58. The molecule has 2 rings (SSSR count). The highest BCUT2D eigenvalue weighted by molar-refractivity contribution is 5.79. The molecule has 0 bridgehead atoms. The molecule has 0 aromatic heterocycles. The molecular formula is C21H35N3O3. The summed E-state index contributed by atoms with van der Waals surface area (Å²) in [4.78, 5) is 4.44. The Morgan fingerprint density at radius 1 is 1.26 bits per heavy atom. The molecule has 1 aliphatic carbocycles. The van der Waals surface area contributed by atoms with Crippen LogP contribution in [0.15, 0.2) is 35.3 Å². The number of aliphatic hydroxyl groups excluding tert-OH is 1. The molecule has 0 amide bonds. The molecule has 27 heavy (non-hydrogen) atoms. The lowest BCUT2D eigenvalue weighted by Crippen LogP contribution is -2.39. The zero-order chi connectivity index (χ0) is 19.3. The van der Waals surface area contributed by atoms with Gasteiger partial charge in [0.2, 0.25) is 0 Å². The molecule has 6 heteroatoms. The second kappa shape index (κ2) is 12.7. The first kappa shape index (κ1) is 21.7. The Morgan fingerprint density at radius 3 is 2.74 bits per heavy atom. The highest BCUT2D eigenvalue weighted by Gasteiger charge is 2.20. The van der Waals surface area contributed by atoms with Crippen LogP contribution in [-0.4, -0.2) is 56.6 Å². The Balaban J connectivity index is 1.61. The Hall–Kier alpha value is -1.63. The number of ether oxygens (including phenoxy) is 2. The maximum absolute atomic E-state index is 10.2. The standard InChI is InChI=1S/C21H35N3O3/c1-3-22-21(23-12-7-13-26-15-18-10-11-18)24-14-20(25)16-27-17(2)19-8-5-4-6-9-19/h4-6,8-9,17-18,20,25H,3,7,10-16H2,1-2H3,(H2,22,23,24). The van der Waals surface area contributed by atoms with E-state index in [0.717, 1.165) is 50.2 Å². The summed E-state index contributed by atoms with van der Waals surface area (Å²) in [5.74, 6) is 1.53. The minimum Gasteiger partial charge on any atom is -0.389 e. The van der Waals surface area contributed by atoms with Gasteiger partial charge in [0, 0.05) is 26.3 Å². The van der Waals surface area contributed by atoms with Crippen LogP contribution in [0.2, 0.25) is 0 Å². The molecule has 3 N–H and O–H groups in total. The third-order valence-electron chi connectivity index (χ3n) is 4.42. The summed E-state index contributed by atoms with van der Waals surface area (Å²) >= 11 is 0. The third kappa shape index (κ3) is 9.75. The predicted octanol–water partition coefficient (Wildman–Crippen LogP) is 2.50. The summed E-state index contributed by atoms with van der Waals surface area (Å²) in [5.41, 5.74) is 1.10. The molecule has 0 radical (unpaired) electrons. The van der Waals surface area contributed by atoms with Gasteiger partial charge in [-0.1, -0.05) is 30.3 Å². The fourth-order valence-electron chi connectivity index (χ4n) is 2.58. The number of aliphatic hydroxyl groups is 1. The van der Waals surface area contributed by atoms with Crippen LogP contribution in [0.3, 0.4) is 0 Å². The highest BCUT2D eigenvalue weighted by Crippen LogP contribution is 2.28. The number of hydrogen-bond donors (Lipinski definition) is 3. The molecule has 1 aliphatic rings. The SMILES string of the molecule is CCNC(=NCC(O)COC(C)c1ccccc1)NCCCOCC1CC1. The van der Waals surface area contributed by atoms with Crippen LogP contribution >= 0.6 is 0 Å². The van der Waals surface area contributed by atoms with E-state index in [-0.39, 0.29) is 12.7 Å². The molecule has 0 aliphatic heterocycles. The number of rotatable bonds is 13. The topological polar surface area (TPSA) is 75.1 Å². The van der Waals surface area contributed by atoms with Crippen molar-refractivity contribution in [1.29, 1.82) is 0 Å². The number of nitrogens with zero attached hydrogens (tertiary/aromatic N) is 1. The van der Waals surface area contributed by atoms with Crippen molar-refractivity contribution in [3.05, 3.63) is 35.9 Å². The molecule has 0 saturated heterocycles. The average molecular weight is 378 g/mol. The van der Waals surface area contributed by atoms with Gasteiger partial charge in [-0.15, -0.1) is 0 Å². The van der Waals surface area contributed by atoms with E-state index in [1.807, 2.05) is 44.2 Å². The lowest BCUT2D eigenvalue weighted by Gasteiger charge is -2.16. The third-order valence-corrected chi connectivity index (χ3v) is 4.42. The summed E-state index contributed by atoms with van der Waals surface area (Å²) in [7, 11) is 0. The maximum Gasteiger partial charge on any atom is 0.191 e. The quantitative estimate of drug-likeness (QED) is 0.280. The van der Waals surface area contributed by atoms with Gasteiger partial charge in [0.15, 0.2) is 5.96 Å². The summed E-state index contributed by atoms with van der Waals surface area (Å²) < 4.78 is 11.4. The second-order valence-corrected chi connectivity index (χ2v) is 7.06. The van der Waals surface area contributed by atoms with Crippen molar-refractivity contribution in [1.82, 2.24) is 10.6 Å². The van der Waals surface area contributed by atoms with Gasteiger partial charge in [-0.05, 0) is 44.6 Å². The second-order valence-electron chi connectivity index (χ2n) is 7.06. The zero-order valence-electron chi connectivity index (χ0n) is 16.7. The molecule has 0 spiro atoms. The normalized spacial score (nSPS) is 16.8. The summed E-state index contributed by atoms with van der Waals surface area (Å²) in [5, 5.41) is 16.6. The van der Waals surface area contributed by atoms with E-state index in [1.54, 1.807) is 0 Å². The van der Waals surface area contributed by atoms with Gasteiger partial charge in [-0.25, -0.2) is 0 Å². The summed E-state index contributed by atoms with van der Waals surface area (Å²) in [6.07, 6.45) is 2.91. The Morgan fingerprint density at radius 2 is 2.04 bits per heavy atom. The zero-order valence-corrected chi connectivity index (χ0v) is 16.7. The first-order chi connectivity index (χ1) is 13.2. The van der Waals surface area contributed by atoms with E-state index in [1.165, 1.54) is 12.8 Å². The van der Waals surface area contributed by atoms with Gasteiger partial charge in [0.1, 0.15) is 0 Å². The predicted molar refractivity (Wildman–Crippen MR) is 109 cm³/mol. The van der Waals surface area contributed by atoms with Gasteiger partial charge in [-0.2, -0.15) is 0 Å². The van der Waals surface area contributed by atoms with Crippen LogP contribution in [0.25, 0.3) is 0 Å². The molecule has 6 nitrogen and oxygen atoms in total. The van der Waals surface area contributed by atoms with Gasteiger partial charge in [0.25, 0.3) is 0 Å². The van der Waals surface area contributed by atoms with Crippen molar-refractivity contribution in [2.75, 3.05) is 39.5 Å². The Bertz CT molecular complexity index is 535. The van der Waals surface area contributed by atoms with E-state index in [4.69, 9.17) is 9.47 Å². The maximum atomic E-state index is 10.2. The first-order valence-electron chi connectivity index (χ1n) is 10.1. The van der Waals surface area contributed by atoms with Crippen molar-refractivity contribution >= 4 is 5.96 Å². The van der Waals surface area contributed by atoms with Gasteiger partial charge in [-0.3, -0.25) is 4.99 Å². The van der Waals surface area contributed by atoms with Gasteiger partial charge >= 0.3 is 0 Å². The average Bonchev–Trinajstić information content (AvgIpc) is 3.51. The largest absolute Gasteiger partial charge is 0.389 e.